The molecule has 4 nitrogen and oxygen atoms in total. The maximum absolute atomic E-state index is 10.5. The summed E-state index contributed by atoms with van der Waals surface area (Å²) in [6.45, 7) is 1.61. The Labute approximate surface area is 85.6 Å². The van der Waals surface area contributed by atoms with Gasteiger partial charge in [0.25, 0.3) is 5.69 Å². The summed E-state index contributed by atoms with van der Waals surface area (Å²) in [7, 11) is 0. The van der Waals surface area contributed by atoms with Gasteiger partial charge < -0.3 is 4.79 Å². The van der Waals surface area contributed by atoms with Gasteiger partial charge >= 0.3 is 0 Å². The van der Waals surface area contributed by atoms with Crippen LogP contribution >= 0.6 is 11.6 Å². The van der Waals surface area contributed by atoms with Crippen LogP contribution in [0, 0.1) is 17.0 Å². The predicted octanol–water partition coefficient (Wildman–Crippen LogP) is 2.38. The van der Waals surface area contributed by atoms with Crippen molar-refractivity contribution in [2.45, 2.75) is 12.3 Å². The summed E-state index contributed by atoms with van der Waals surface area (Å²) < 4.78 is 0. The Bertz CT molecular complexity index is 378. The molecule has 1 aromatic carbocycles. The van der Waals surface area contributed by atoms with Crippen LogP contribution in [0.3, 0.4) is 0 Å². The van der Waals surface area contributed by atoms with Crippen molar-refractivity contribution in [3.8, 4) is 0 Å². The summed E-state index contributed by atoms with van der Waals surface area (Å²) in [5, 5.41) is 9.73. The van der Waals surface area contributed by atoms with Gasteiger partial charge in [-0.15, -0.1) is 11.6 Å². The number of carbonyl (C=O) groups excluding carboxylic acids is 1. The van der Waals surface area contributed by atoms with Crippen LogP contribution in [0.2, 0.25) is 0 Å². The van der Waals surface area contributed by atoms with E-state index in [4.69, 9.17) is 11.6 Å². The van der Waals surface area contributed by atoms with Gasteiger partial charge in [0, 0.05) is 11.6 Å². The molecule has 0 heterocycles. The standard InChI is InChI=1S/C9H8ClNO3/c1-6-4-7(8(10)5-12)2-3-9(6)11(13)14/h2-5,8H,1H3. The number of alkyl halides is 1. The van der Waals surface area contributed by atoms with Gasteiger partial charge in [0.1, 0.15) is 11.7 Å². The molecular weight excluding hydrogens is 206 g/mol. The average molecular weight is 214 g/mol. The molecule has 0 bridgehead atoms. The minimum absolute atomic E-state index is 0.0310. The van der Waals surface area contributed by atoms with Crippen molar-refractivity contribution < 1.29 is 9.72 Å². The predicted molar refractivity (Wildman–Crippen MR) is 52.5 cm³/mol. The van der Waals surface area contributed by atoms with Crippen molar-refractivity contribution in [1.82, 2.24) is 0 Å². The Morgan fingerprint density at radius 3 is 2.64 bits per heavy atom. The molecule has 1 unspecified atom stereocenters. The monoisotopic (exact) mass is 213 g/mol. The van der Waals surface area contributed by atoms with Crippen molar-refractivity contribution >= 4 is 23.6 Å². The fourth-order valence-electron chi connectivity index (χ4n) is 1.13. The van der Waals surface area contributed by atoms with E-state index >= 15 is 0 Å². The van der Waals surface area contributed by atoms with Crippen LogP contribution in [-0.4, -0.2) is 11.2 Å². The molecular formula is C9H8ClNO3. The Morgan fingerprint density at radius 1 is 1.57 bits per heavy atom. The number of hydrogen-bond acceptors (Lipinski definition) is 3. The van der Waals surface area contributed by atoms with Crippen LogP contribution in [0.25, 0.3) is 0 Å². The smallest absolute Gasteiger partial charge is 0.272 e. The summed E-state index contributed by atoms with van der Waals surface area (Å²) in [6.07, 6.45) is 0.585. The van der Waals surface area contributed by atoms with E-state index in [9.17, 15) is 14.9 Å². The molecule has 0 fully saturated rings. The molecule has 0 aliphatic rings. The van der Waals surface area contributed by atoms with Crippen molar-refractivity contribution in [3.05, 3.63) is 39.4 Å². The summed E-state index contributed by atoms with van der Waals surface area (Å²) in [5.41, 5.74) is 1.10. The minimum atomic E-state index is -0.741. The second-order valence-corrected chi connectivity index (χ2v) is 3.31. The van der Waals surface area contributed by atoms with Gasteiger partial charge in [-0.1, -0.05) is 6.07 Å². The van der Waals surface area contributed by atoms with E-state index < -0.39 is 10.3 Å². The van der Waals surface area contributed by atoms with Crippen molar-refractivity contribution in [1.29, 1.82) is 0 Å². The summed E-state index contributed by atoms with van der Waals surface area (Å²) in [4.78, 5) is 20.4. The Balaban J connectivity index is 3.12. The van der Waals surface area contributed by atoms with E-state index in [-0.39, 0.29) is 5.69 Å². The Kier molecular flexibility index (Phi) is 3.19. The Morgan fingerprint density at radius 2 is 2.21 bits per heavy atom. The highest BCUT2D eigenvalue weighted by atomic mass is 35.5. The number of rotatable bonds is 3. The van der Waals surface area contributed by atoms with Gasteiger partial charge in [-0.25, -0.2) is 0 Å². The average Bonchev–Trinajstić information content (AvgIpc) is 2.15. The molecule has 0 aliphatic heterocycles. The maximum atomic E-state index is 10.5. The number of aryl methyl sites for hydroxylation is 1. The highest BCUT2D eigenvalue weighted by molar-refractivity contribution is 6.27. The fraction of sp³-hybridized carbons (Fsp3) is 0.222. The number of nitro benzene ring substituents is 1. The molecule has 0 spiro atoms. The van der Waals surface area contributed by atoms with Crippen molar-refractivity contribution in [2.24, 2.45) is 0 Å². The van der Waals surface area contributed by atoms with Crippen molar-refractivity contribution in [2.75, 3.05) is 0 Å². The highest BCUT2D eigenvalue weighted by Gasteiger charge is 2.13. The molecule has 1 aromatic rings. The zero-order valence-corrected chi connectivity index (χ0v) is 8.19. The lowest BCUT2D eigenvalue weighted by molar-refractivity contribution is -0.385. The van der Waals surface area contributed by atoms with Crippen LogP contribution in [0.4, 0.5) is 5.69 Å². The molecule has 5 heteroatoms. The van der Waals surface area contributed by atoms with E-state index in [1.165, 1.54) is 12.1 Å². The molecule has 0 aliphatic carbocycles. The SMILES string of the molecule is Cc1cc(C(Cl)C=O)ccc1[N+](=O)[O-]. The van der Waals surface area contributed by atoms with Crippen LogP contribution in [0.15, 0.2) is 18.2 Å². The first kappa shape index (κ1) is 10.7. The first-order valence-electron chi connectivity index (χ1n) is 3.90. The third-order valence-electron chi connectivity index (χ3n) is 1.86. The van der Waals surface area contributed by atoms with E-state index in [1.807, 2.05) is 0 Å². The Hall–Kier alpha value is -1.42. The summed E-state index contributed by atoms with van der Waals surface area (Å²) in [5.74, 6) is 0. The second-order valence-electron chi connectivity index (χ2n) is 2.84. The minimum Gasteiger partial charge on any atom is -0.301 e. The first-order valence-corrected chi connectivity index (χ1v) is 4.34. The molecule has 0 saturated heterocycles. The third-order valence-corrected chi connectivity index (χ3v) is 2.21. The summed E-state index contributed by atoms with van der Waals surface area (Å²) >= 11 is 5.66. The van der Waals surface area contributed by atoms with Gasteiger partial charge in [0.05, 0.1) is 4.92 Å². The van der Waals surface area contributed by atoms with Crippen LogP contribution in [0.1, 0.15) is 16.5 Å². The number of aldehydes is 1. The normalized spacial score (nSPS) is 12.1. The van der Waals surface area contributed by atoms with Crippen LogP contribution in [0.5, 0.6) is 0 Å². The molecule has 0 saturated carbocycles. The van der Waals surface area contributed by atoms with Gasteiger partial charge in [0.15, 0.2) is 0 Å². The maximum Gasteiger partial charge on any atom is 0.272 e. The largest absolute Gasteiger partial charge is 0.301 e. The number of hydrogen-bond donors (Lipinski definition) is 0. The molecule has 14 heavy (non-hydrogen) atoms. The number of nitrogens with zero attached hydrogens (tertiary/aromatic N) is 1. The van der Waals surface area contributed by atoms with E-state index in [0.29, 0.717) is 17.4 Å². The number of nitro groups is 1. The van der Waals surface area contributed by atoms with E-state index in [1.54, 1.807) is 13.0 Å². The molecule has 74 valence electrons. The van der Waals surface area contributed by atoms with E-state index in [2.05, 4.69) is 0 Å². The molecule has 0 radical (unpaired) electrons. The zero-order chi connectivity index (χ0) is 10.7. The highest BCUT2D eigenvalue weighted by Crippen LogP contribution is 2.24. The fourth-order valence-corrected chi connectivity index (χ4v) is 1.27. The topological polar surface area (TPSA) is 60.2 Å². The molecule has 1 atom stereocenters. The second kappa shape index (κ2) is 4.19. The van der Waals surface area contributed by atoms with E-state index in [0.717, 1.165) is 0 Å². The molecule has 0 aromatic heterocycles. The zero-order valence-electron chi connectivity index (χ0n) is 7.44. The van der Waals surface area contributed by atoms with Gasteiger partial charge in [0.2, 0.25) is 0 Å². The number of carbonyl (C=O) groups is 1. The molecule has 0 N–H and O–H groups in total. The summed E-state index contributed by atoms with van der Waals surface area (Å²) in [6, 6.07) is 4.38. The lowest BCUT2D eigenvalue weighted by atomic mass is 10.1. The molecule has 1 rings (SSSR count). The van der Waals surface area contributed by atoms with Crippen LogP contribution < -0.4 is 0 Å². The quantitative estimate of drug-likeness (QED) is 0.335. The van der Waals surface area contributed by atoms with Crippen LogP contribution in [-0.2, 0) is 4.79 Å². The van der Waals surface area contributed by atoms with Gasteiger partial charge in [-0.05, 0) is 18.6 Å². The lowest BCUT2D eigenvalue weighted by Gasteiger charge is -2.03. The number of halogens is 1. The first-order chi connectivity index (χ1) is 6.56. The third kappa shape index (κ3) is 2.09. The number of benzene rings is 1. The van der Waals surface area contributed by atoms with Crippen molar-refractivity contribution in [3.63, 3.8) is 0 Å². The lowest BCUT2D eigenvalue weighted by Crippen LogP contribution is -1.96. The van der Waals surface area contributed by atoms with Gasteiger partial charge in [-0.3, -0.25) is 10.1 Å². The van der Waals surface area contributed by atoms with Gasteiger partial charge in [-0.2, -0.15) is 0 Å². The molecule has 0 amide bonds.